The summed E-state index contributed by atoms with van der Waals surface area (Å²) in [5, 5.41) is 7.61. The van der Waals surface area contributed by atoms with E-state index in [-0.39, 0.29) is 18.1 Å². The zero-order valence-electron chi connectivity index (χ0n) is 15.7. The molecule has 4 heterocycles. The van der Waals surface area contributed by atoms with E-state index < -0.39 is 0 Å². The van der Waals surface area contributed by atoms with Crippen molar-refractivity contribution in [1.82, 2.24) is 19.9 Å². The Bertz CT molecular complexity index is 867. The molecule has 1 saturated heterocycles. The number of nitrogens with one attached hydrogen (secondary N) is 1. The molecule has 0 spiro atoms. The minimum Gasteiger partial charge on any atom is -0.373 e. The van der Waals surface area contributed by atoms with Gasteiger partial charge in [-0.3, -0.25) is 9.69 Å². The molecule has 28 heavy (non-hydrogen) atoms. The Morgan fingerprint density at radius 1 is 1.25 bits per heavy atom. The molecule has 0 radical (unpaired) electrons. The third kappa shape index (κ3) is 4.61. The van der Waals surface area contributed by atoms with Crippen molar-refractivity contribution in [3.63, 3.8) is 0 Å². The monoisotopic (exact) mass is 415 g/mol. The van der Waals surface area contributed by atoms with Crippen LogP contribution in [0.4, 0.5) is 5.82 Å². The van der Waals surface area contributed by atoms with E-state index in [1.165, 1.54) is 11.3 Å². The van der Waals surface area contributed by atoms with Gasteiger partial charge in [0.1, 0.15) is 16.5 Å². The maximum absolute atomic E-state index is 12.6. The normalized spacial score (nSPS) is 20.2. The number of ether oxygens (including phenoxy) is 1. The molecule has 7 nitrogen and oxygen atoms in total. The Hall–Kier alpha value is -2.20. The lowest BCUT2D eigenvalue weighted by Crippen LogP contribution is -2.48. The number of morpholine rings is 1. The number of amides is 1. The number of carbonyl (C=O) groups is 1. The molecule has 2 unspecified atom stereocenters. The summed E-state index contributed by atoms with van der Waals surface area (Å²) in [5.41, 5.74) is 0.706. The van der Waals surface area contributed by atoms with Gasteiger partial charge in [-0.05, 0) is 25.3 Å². The van der Waals surface area contributed by atoms with E-state index >= 15 is 0 Å². The number of hydrogen-bond acceptors (Lipinski definition) is 8. The minimum absolute atomic E-state index is 0.0952. The van der Waals surface area contributed by atoms with Crippen molar-refractivity contribution in [2.75, 3.05) is 25.0 Å². The Kier molecular flexibility index (Phi) is 5.77. The van der Waals surface area contributed by atoms with Gasteiger partial charge in [-0.1, -0.05) is 6.07 Å². The fourth-order valence-corrected chi connectivity index (χ4v) is 4.54. The van der Waals surface area contributed by atoms with Gasteiger partial charge in [-0.25, -0.2) is 15.0 Å². The van der Waals surface area contributed by atoms with E-state index in [1.54, 1.807) is 23.6 Å². The molecular weight excluding hydrogens is 394 g/mol. The molecule has 0 aliphatic carbocycles. The van der Waals surface area contributed by atoms with Gasteiger partial charge in [0.15, 0.2) is 5.82 Å². The Morgan fingerprint density at radius 2 is 2.07 bits per heavy atom. The smallest absolute Gasteiger partial charge is 0.239 e. The van der Waals surface area contributed by atoms with Crippen molar-refractivity contribution >= 4 is 34.4 Å². The van der Waals surface area contributed by atoms with Crippen molar-refractivity contribution < 1.29 is 9.53 Å². The van der Waals surface area contributed by atoms with Gasteiger partial charge in [0.05, 0.1) is 23.6 Å². The van der Waals surface area contributed by atoms with Crippen LogP contribution in [0.5, 0.6) is 0 Å². The molecular formula is C19H21N5O2S2. The summed E-state index contributed by atoms with van der Waals surface area (Å²) in [6.07, 6.45) is 1.99. The Balaban J connectivity index is 1.54. The van der Waals surface area contributed by atoms with Crippen molar-refractivity contribution in [2.24, 2.45) is 0 Å². The predicted octanol–water partition coefficient (Wildman–Crippen LogP) is 3.38. The summed E-state index contributed by atoms with van der Waals surface area (Å²) in [7, 11) is 0. The molecule has 2 atom stereocenters. The van der Waals surface area contributed by atoms with Crippen molar-refractivity contribution in [3.8, 4) is 21.4 Å². The van der Waals surface area contributed by atoms with Crippen molar-refractivity contribution in [1.29, 1.82) is 0 Å². The predicted molar refractivity (Wildman–Crippen MR) is 112 cm³/mol. The number of rotatable bonds is 5. The summed E-state index contributed by atoms with van der Waals surface area (Å²) in [6, 6.07) is 5.70. The van der Waals surface area contributed by atoms with Crippen LogP contribution >= 0.6 is 22.7 Å². The van der Waals surface area contributed by atoms with E-state index in [0.717, 1.165) is 23.0 Å². The second-order valence-corrected chi connectivity index (χ2v) is 8.62. The summed E-state index contributed by atoms with van der Waals surface area (Å²) >= 11 is 3.07. The third-order valence-electron chi connectivity index (χ3n) is 4.25. The first kappa shape index (κ1) is 19.1. The van der Waals surface area contributed by atoms with Gasteiger partial charge in [-0.2, -0.15) is 0 Å². The second-order valence-electron chi connectivity index (χ2n) is 6.78. The average molecular weight is 416 g/mol. The number of anilines is 1. The first-order chi connectivity index (χ1) is 13.6. The first-order valence-electron chi connectivity index (χ1n) is 9.07. The molecule has 9 heteroatoms. The summed E-state index contributed by atoms with van der Waals surface area (Å²) < 4.78 is 5.73. The highest BCUT2D eigenvalue weighted by Crippen LogP contribution is 2.28. The molecule has 1 amide bonds. The molecule has 0 bridgehead atoms. The minimum atomic E-state index is -0.0952. The number of thiophene rings is 1. The fourth-order valence-electron chi connectivity index (χ4n) is 3.29. The number of thiazole rings is 1. The number of aromatic nitrogens is 3. The van der Waals surface area contributed by atoms with Gasteiger partial charge in [0.2, 0.25) is 5.91 Å². The van der Waals surface area contributed by atoms with Gasteiger partial charge in [-0.15, -0.1) is 22.7 Å². The topological polar surface area (TPSA) is 80.2 Å². The largest absolute Gasteiger partial charge is 0.373 e. The van der Waals surface area contributed by atoms with Gasteiger partial charge in [0, 0.05) is 30.7 Å². The maximum Gasteiger partial charge on any atom is 0.239 e. The molecule has 1 aliphatic heterocycles. The number of nitrogens with zero attached hydrogens (tertiary/aromatic N) is 4. The van der Waals surface area contributed by atoms with Crippen molar-refractivity contribution in [2.45, 2.75) is 26.1 Å². The summed E-state index contributed by atoms with van der Waals surface area (Å²) in [6.45, 7) is 5.85. The Morgan fingerprint density at radius 3 is 2.75 bits per heavy atom. The zero-order chi connectivity index (χ0) is 19.5. The van der Waals surface area contributed by atoms with E-state index in [1.807, 2.05) is 36.7 Å². The molecule has 3 aromatic rings. The highest BCUT2D eigenvalue weighted by atomic mass is 32.1. The molecule has 0 aromatic carbocycles. The SMILES string of the molecule is CC1CN(CC(=O)Nc2cc(-c3nccs3)nc(-c3cccs3)n2)CC(C)O1. The van der Waals surface area contributed by atoms with Crippen LogP contribution in [0.3, 0.4) is 0 Å². The van der Waals surface area contributed by atoms with Crippen LogP contribution in [0.1, 0.15) is 13.8 Å². The highest BCUT2D eigenvalue weighted by molar-refractivity contribution is 7.13. The van der Waals surface area contributed by atoms with Crippen LogP contribution in [0.15, 0.2) is 35.2 Å². The van der Waals surface area contributed by atoms with E-state index in [9.17, 15) is 4.79 Å². The molecule has 0 saturated carbocycles. The lowest BCUT2D eigenvalue weighted by atomic mass is 10.2. The fraction of sp³-hybridized carbons (Fsp3) is 0.368. The zero-order valence-corrected chi connectivity index (χ0v) is 17.3. The molecule has 1 N–H and O–H groups in total. The average Bonchev–Trinajstić information content (AvgIpc) is 3.34. The lowest BCUT2D eigenvalue weighted by molar-refractivity contribution is -0.121. The highest BCUT2D eigenvalue weighted by Gasteiger charge is 2.24. The molecule has 146 valence electrons. The first-order valence-corrected chi connectivity index (χ1v) is 10.8. The van der Waals surface area contributed by atoms with Crippen LogP contribution in [0.25, 0.3) is 21.4 Å². The van der Waals surface area contributed by atoms with Crippen LogP contribution in [0.2, 0.25) is 0 Å². The summed E-state index contributed by atoms with van der Waals surface area (Å²) in [4.78, 5) is 29.2. The van der Waals surface area contributed by atoms with Crippen LogP contribution < -0.4 is 5.32 Å². The molecule has 4 rings (SSSR count). The van der Waals surface area contributed by atoms with Crippen LogP contribution in [0, 0.1) is 0 Å². The van der Waals surface area contributed by atoms with Crippen molar-refractivity contribution in [3.05, 3.63) is 35.2 Å². The number of carbonyl (C=O) groups excluding carboxylic acids is 1. The van der Waals surface area contributed by atoms with Crippen LogP contribution in [-0.2, 0) is 9.53 Å². The van der Waals surface area contributed by atoms with E-state index in [4.69, 9.17) is 4.74 Å². The van der Waals surface area contributed by atoms with Gasteiger partial charge >= 0.3 is 0 Å². The number of hydrogen-bond donors (Lipinski definition) is 1. The van der Waals surface area contributed by atoms with E-state index in [0.29, 0.717) is 23.9 Å². The third-order valence-corrected chi connectivity index (χ3v) is 5.91. The van der Waals surface area contributed by atoms with Gasteiger partial charge < -0.3 is 10.1 Å². The molecule has 3 aromatic heterocycles. The maximum atomic E-state index is 12.6. The summed E-state index contributed by atoms with van der Waals surface area (Å²) in [5.74, 6) is 0.983. The molecule has 1 aliphatic rings. The quantitative estimate of drug-likeness (QED) is 0.688. The van der Waals surface area contributed by atoms with Gasteiger partial charge in [0.25, 0.3) is 0 Å². The lowest BCUT2D eigenvalue weighted by Gasteiger charge is -2.34. The van der Waals surface area contributed by atoms with E-state index in [2.05, 4.69) is 25.2 Å². The second kappa shape index (κ2) is 8.44. The van der Waals surface area contributed by atoms with Crippen LogP contribution in [-0.4, -0.2) is 57.6 Å². The Labute approximate surface area is 171 Å². The molecule has 1 fully saturated rings. The standard InChI is InChI=1S/C19H21N5O2S2/c1-12-9-24(10-13(2)26-12)11-17(25)22-16-8-14(19-20-5-7-28-19)21-18(23-16)15-4-3-6-27-15/h3-8,12-13H,9-11H2,1-2H3,(H,21,22,23,25).